The molecule has 0 amide bonds. The van der Waals surface area contributed by atoms with Crippen molar-refractivity contribution >= 4 is 15.9 Å². The number of rotatable bonds is 8. The topological polar surface area (TPSA) is 36.9 Å². The zero-order chi connectivity index (χ0) is 17.8. The summed E-state index contributed by atoms with van der Waals surface area (Å²) in [6.45, 7) is 3.99. The van der Waals surface area contributed by atoms with Crippen LogP contribution in [0.2, 0.25) is 0 Å². The van der Waals surface area contributed by atoms with E-state index in [2.05, 4.69) is 15.9 Å². The molecule has 1 aliphatic rings. The zero-order valence-electron chi connectivity index (χ0n) is 13.1. The summed E-state index contributed by atoms with van der Waals surface area (Å²) in [5.41, 5.74) is 0. The van der Waals surface area contributed by atoms with E-state index in [-0.39, 0.29) is 0 Å². The van der Waals surface area contributed by atoms with Crippen molar-refractivity contribution in [1.82, 2.24) is 0 Å². The van der Waals surface area contributed by atoms with Crippen molar-refractivity contribution in [2.75, 3.05) is 0 Å². The van der Waals surface area contributed by atoms with Crippen LogP contribution in [0.15, 0.2) is 22.7 Å². The van der Waals surface area contributed by atoms with Crippen molar-refractivity contribution in [2.24, 2.45) is 0 Å². The van der Waals surface area contributed by atoms with Gasteiger partial charge in [0.2, 0.25) is 0 Å². The predicted molar refractivity (Wildman–Crippen MR) is 78.2 cm³/mol. The van der Waals surface area contributed by atoms with E-state index in [9.17, 15) is 17.6 Å². The lowest BCUT2D eigenvalue weighted by molar-refractivity contribution is -0.429. The summed E-state index contributed by atoms with van der Waals surface area (Å²) in [6, 6.07) is 0. The fourth-order valence-electron chi connectivity index (χ4n) is 2.13. The largest absolute Gasteiger partial charge is 0.307 e. The molecule has 0 saturated heterocycles. The van der Waals surface area contributed by atoms with E-state index in [4.69, 9.17) is 18.9 Å². The van der Waals surface area contributed by atoms with Crippen LogP contribution >= 0.6 is 15.9 Å². The Morgan fingerprint density at radius 2 is 1.13 bits per heavy atom. The van der Waals surface area contributed by atoms with Gasteiger partial charge in [0.15, 0.2) is 25.4 Å². The van der Waals surface area contributed by atoms with E-state index in [1.807, 2.05) is 0 Å². The molecule has 134 valence electrons. The minimum Gasteiger partial charge on any atom is -0.307 e. The standard InChI is InChI=1S/C14H19BrF4O4/c1-8(16)20-13(21-9(2)17)6-5-12(15)7-14(13,22-10(3)18)23-11(4)19/h5-11H,1-4H3. The average molecular weight is 407 g/mol. The van der Waals surface area contributed by atoms with Gasteiger partial charge in [0, 0.05) is 4.48 Å². The highest BCUT2D eigenvalue weighted by Crippen LogP contribution is 2.44. The van der Waals surface area contributed by atoms with Crippen molar-refractivity contribution in [3.63, 3.8) is 0 Å². The number of hydrogen-bond donors (Lipinski definition) is 0. The molecule has 0 saturated carbocycles. The Kier molecular flexibility index (Phi) is 7.21. The highest BCUT2D eigenvalue weighted by molar-refractivity contribution is 9.11. The SMILES string of the molecule is CC(F)OC1(OC(C)F)C=CC(Br)=CC1(OC(C)F)OC(C)F. The molecule has 4 unspecified atom stereocenters. The Bertz CT molecular complexity index is 432. The van der Waals surface area contributed by atoms with Crippen molar-refractivity contribution in [3.05, 3.63) is 22.7 Å². The molecule has 0 fully saturated rings. The molecule has 0 radical (unpaired) electrons. The number of halogens is 5. The van der Waals surface area contributed by atoms with Gasteiger partial charge in [0.25, 0.3) is 11.6 Å². The Hall–Kier alpha value is -0.480. The predicted octanol–water partition coefficient (Wildman–Crippen LogP) is 4.56. The Morgan fingerprint density at radius 1 is 0.783 bits per heavy atom. The van der Waals surface area contributed by atoms with Gasteiger partial charge in [-0.1, -0.05) is 15.9 Å². The minimum absolute atomic E-state index is 0.291. The van der Waals surface area contributed by atoms with Crippen molar-refractivity contribution in [3.8, 4) is 0 Å². The summed E-state index contributed by atoms with van der Waals surface area (Å²) in [7, 11) is 0. The Balaban J connectivity index is 3.46. The Morgan fingerprint density at radius 3 is 1.48 bits per heavy atom. The van der Waals surface area contributed by atoms with Crippen LogP contribution in [-0.4, -0.2) is 37.0 Å². The maximum absolute atomic E-state index is 13.5. The summed E-state index contributed by atoms with van der Waals surface area (Å²) < 4.78 is 74.4. The third kappa shape index (κ3) is 5.25. The summed E-state index contributed by atoms with van der Waals surface area (Å²) in [6.07, 6.45) is -4.43. The first-order chi connectivity index (χ1) is 10.5. The lowest BCUT2D eigenvalue weighted by Gasteiger charge is -2.47. The molecule has 0 spiro atoms. The molecule has 1 aliphatic carbocycles. The summed E-state index contributed by atoms with van der Waals surface area (Å²) >= 11 is 3.10. The number of allylic oxidation sites excluding steroid dienone is 2. The van der Waals surface area contributed by atoms with Crippen LogP contribution in [0.5, 0.6) is 0 Å². The number of ether oxygens (including phenoxy) is 4. The van der Waals surface area contributed by atoms with Crippen molar-refractivity contribution in [2.45, 2.75) is 64.7 Å². The molecule has 4 atom stereocenters. The third-order valence-electron chi connectivity index (χ3n) is 2.63. The molecule has 0 aromatic heterocycles. The van der Waals surface area contributed by atoms with Crippen LogP contribution in [0.25, 0.3) is 0 Å². The maximum Gasteiger partial charge on any atom is 0.254 e. The smallest absolute Gasteiger partial charge is 0.254 e. The fraction of sp³-hybridized carbons (Fsp3) is 0.714. The monoisotopic (exact) mass is 406 g/mol. The molecular formula is C14H19BrF4O4. The molecule has 1 rings (SSSR count). The lowest BCUT2D eigenvalue weighted by atomic mass is 9.99. The fourth-order valence-corrected chi connectivity index (χ4v) is 2.56. The normalized spacial score (nSPS) is 33.0. The van der Waals surface area contributed by atoms with Gasteiger partial charge in [-0.25, -0.2) is 17.6 Å². The molecular weight excluding hydrogens is 388 g/mol. The van der Waals surface area contributed by atoms with Gasteiger partial charge in [-0.2, -0.15) is 0 Å². The molecule has 0 aliphatic heterocycles. The molecule has 23 heavy (non-hydrogen) atoms. The molecule has 0 bridgehead atoms. The van der Waals surface area contributed by atoms with Gasteiger partial charge >= 0.3 is 0 Å². The molecule has 0 heterocycles. The first-order valence-corrected chi connectivity index (χ1v) is 7.66. The molecule has 0 aromatic carbocycles. The lowest BCUT2D eigenvalue weighted by Crippen LogP contribution is -2.62. The number of alkyl halides is 4. The van der Waals surface area contributed by atoms with Gasteiger partial charge in [0.05, 0.1) is 0 Å². The van der Waals surface area contributed by atoms with Crippen molar-refractivity contribution < 1.29 is 36.5 Å². The van der Waals surface area contributed by atoms with E-state index in [0.717, 1.165) is 39.8 Å². The van der Waals surface area contributed by atoms with E-state index in [1.54, 1.807) is 0 Å². The van der Waals surface area contributed by atoms with Crippen LogP contribution < -0.4 is 0 Å². The van der Waals surface area contributed by atoms with Gasteiger partial charge in [0.1, 0.15) is 0 Å². The van der Waals surface area contributed by atoms with E-state index >= 15 is 0 Å². The second-order valence-electron chi connectivity index (χ2n) is 4.84. The highest BCUT2D eigenvalue weighted by Gasteiger charge is 2.59. The van der Waals surface area contributed by atoms with Gasteiger partial charge in [-0.05, 0) is 45.9 Å². The summed E-state index contributed by atoms with van der Waals surface area (Å²) in [5.74, 6) is -4.78. The van der Waals surface area contributed by atoms with E-state index < -0.39 is 37.0 Å². The zero-order valence-corrected chi connectivity index (χ0v) is 14.7. The molecule has 9 heteroatoms. The van der Waals surface area contributed by atoms with E-state index in [1.165, 1.54) is 6.08 Å². The van der Waals surface area contributed by atoms with Gasteiger partial charge in [-0.15, -0.1) is 0 Å². The first-order valence-electron chi connectivity index (χ1n) is 6.87. The summed E-state index contributed by atoms with van der Waals surface area (Å²) in [4.78, 5) is 0. The maximum atomic E-state index is 13.5. The average Bonchev–Trinajstić information content (AvgIpc) is 2.31. The van der Waals surface area contributed by atoms with Crippen LogP contribution in [-0.2, 0) is 18.9 Å². The van der Waals surface area contributed by atoms with Crippen LogP contribution in [0.4, 0.5) is 17.6 Å². The quantitative estimate of drug-likeness (QED) is 0.437. The first kappa shape index (κ1) is 20.6. The van der Waals surface area contributed by atoms with Crippen LogP contribution in [0, 0.1) is 0 Å². The molecule has 0 N–H and O–H groups in total. The second-order valence-corrected chi connectivity index (χ2v) is 5.76. The Labute approximate surface area is 140 Å². The van der Waals surface area contributed by atoms with Crippen LogP contribution in [0.1, 0.15) is 27.7 Å². The van der Waals surface area contributed by atoms with Gasteiger partial charge in [-0.3, -0.25) is 0 Å². The second kappa shape index (κ2) is 8.06. The van der Waals surface area contributed by atoms with Crippen LogP contribution in [0.3, 0.4) is 0 Å². The third-order valence-corrected chi connectivity index (χ3v) is 3.12. The number of hydrogen-bond acceptors (Lipinski definition) is 4. The van der Waals surface area contributed by atoms with Crippen molar-refractivity contribution in [1.29, 1.82) is 0 Å². The molecule has 0 aromatic rings. The summed E-state index contributed by atoms with van der Waals surface area (Å²) in [5, 5.41) is 0. The minimum atomic E-state index is -2.40. The molecule has 4 nitrogen and oxygen atoms in total. The van der Waals surface area contributed by atoms with Gasteiger partial charge < -0.3 is 18.9 Å². The van der Waals surface area contributed by atoms with E-state index in [0.29, 0.717) is 4.48 Å². The highest BCUT2D eigenvalue weighted by atomic mass is 79.9.